The van der Waals surface area contributed by atoms with E-state index in [0.717, 1.165) is 38.9 Å². The summed E-state index contributed by atoms with van der Waals surface area (Å²) in [6.07, 6.45) is 1.68. The summed E-state index contributed by atoms with van der Waals surface area (Å²) in [5, 5.41) is 19.0. The minimum Gasteiger partial charge on any atom is -0.393 e. The van der Waals surface area contributed by atoms with E-state index in [1.807, 2.05) is 13.8 Å². The zero-order valence-corrected chi connectivity index (χ0v) is 18.3. The molecule has 0 heterocycles. The molecule has 2 atom stereocenters. The van der Waals surface area contributed by atoms with E-state index in [9.17, 15) is 10.2 Å². The summed E-state index contributed by atoms with van der Waals surface area (Å²) < 4.78 is 11.5. The van der Waals surface area contributed by atoms with Crippen LogP contribution in [0.2, 0.25) is 0 Å². The van der Waals surface area contributed by atoms with Gasteiger partial charge >= 0.3 is 0 Å². The molecule has 0 saturated heterocycles. The maximum atomic E-state index is 9.51. The lowest BCUT2D eigenvalue weighted by Gasteiger charge is -2.34. The second kappa shape index (κ2) is 13.9. The van der Waals surface area contributed by atoms with Gasteiger partial charge in [-0.15, -0.1) is 0 Å². The van der Waals surface area contributed by atoms with Crippen LogP contribution in [0.1, 0.15) is 74.7 Å². The van der Waals surface area contributed by atoms with Crippen LogP contribution in [-0.4, -0.2) is 71.9 Å². The van der Waals surface area contributed by atoms with Crippen molar-refractivity contribution in [1.82, 2.24) is 4.90 Å². The predicted octanol–water partition coefficient (Wildman–Crippen LogP) is 3.47. The molecular weight excluding hydrogens is 318 g/mol. The van der Waals surface area contributed by atoms with Crippen molar-refractivity contribution < 1.29 is 19.7 Å². The van der Waals surface area contributed by atoms with Gasteiger partial charge in [-0.05, 0) is 60.8 Å². The maximum Gasteiger partial charge on any atom is 0.0752 e. The summed E-state index contributed by atoms with van der Waals surface area (Å²) in [7, 11) is 1.72. The van der Waals surface area contributed by atoms with Crippen molar-refractivity contribution in [2.24, 2.45) is 0 Å². The molecule has 0 radical (unpaired) electrons. The fourth-order valence-corrected chi connectivity index (χ4v) is 2.27. The first-order chi connectivity index (χ1) is 11.5. The van der Waals surface area contributed by atoms with Crippen LogP contribution in [0.15, 0.2) is 0 Å². The van der Waals surface area contributed by atoms with E-state index in [0.29, 0.717) is 6.61 Å². The first kappa shape index (κ1) is 27.0. The van der Waals surface area contributed by atoms with Crippen LogP contribution in [0.3, 0.4) is 0 Å². The fraction of sp³-hybridized carbons (Fsp3) is 1.00. The van der Waals surface area contributed by atoms with E-state index in [1.54, 1.807) is 21.0 Å². The SMILES string of the molecule is CC.COC(C)(C)CCOC(C)(C)CN(CCC(C)O)CCC(C)O. The quantitative estimate of drug-likeness (QED) is 0.525. The van der Waals surface area contributed by atoms with Crippen LogP contribution in [0, 0.1) is 0 Å². The van der Waals surface area contributed by atoms with E-state index in [-0.39, 0.29) is 23.4 Å². The first-order valence-corrected chi connectivity index (χ1v) is 9.75. The van der Waals surface area contributed by atoms with Gasteiger partial charge in [0.05, 0.1) is 30.0 Å². The fourth-order valence-electron chi connectivity index (χ4n) is 2.27. The second-order valence-corrected chi connectivity index (χ2v) is 7.87. The molecule has 0 aliphatic carbocycles. The zero-order valence-electron chi connectivity index (χ0n) is 18.3. The molecule has 5 heteroatoms. The molecule has 25 heavy (non-hydrogen) atoms. The van der Waals surface area contributed by atoms with Gasteiger partial charge in [-0.2, -0.15) is 0 Å². The van der Waals surface area contributed by atoms with E-state index in [2.05, 4.69) is 32.6 Å². The highest BCUT2D eigenvalue weighted by Gasteiger charge is 2.24. The van der Waals surface area contributed by atoms with Crippen LogP contribution in [0.5, 0.6) is 0 Å². The summed E-state index contributed by atoms with van der Waals surface area (Å²) in [5.74, 6) is 0. The first-order valence-electron chi connectivity index (χ1n) is 9.75. The van der Waals surface area contributed by atoms with Gasteiger partial charge in [0.25, 0.3) is 0 Å². The van der Waals surface area contributed by atoms with Crippen molar-refractivity contribution in [3.63, 3.8) is 0 Å². The van der Waals surface area contributed by atoms with Gasteiger partial charge < -0.3 is 24.6 Å². The molecule has 0 aromatic heterocycles. The van der Waals surface area contributed by atoms with Crippen molar-refractivity contribution in [1.29, 1.82) is 0 Å². The molecule has 0 aliphatic heterocycles. The summed E-state index contributed by atoms with van der Waals surface area (Å²) in [6, 6.07) is 0. The highest BCUT2D eigenvalue weighted by atomic mass is 16.5. The number of aliphatic hydroxyl groups excluding tert-OH is 2. The van der Waals surface area contributed by atoms with E-state index in [1.165, 1.54) is 0 Å². The highest BCUT2D eigenvalue weighted by Crippen LogP contribution is 2.18. The van der Waals surface area contributed by atoms with E-state index < -0.39 is 0 Å². The largest absolute Gasteiger partial charge is 0.393 e. The number of rotatable bonds is 13. The lowest BCUT2D eigenvalue weighted by Crippen LogP contribution is -2.43. The number of ether oxygens (including phenoxy) is 2. The summed E-state index contributed by atoms with van der Waals surface area (Å²) in [6.45, 7) is 18.9. The molecule has 154 valence electrons. The molecule has 0 aliphatic rings. The Morgan fingerprint density at radius 3 is 1.68 bits per heavy atom. The molecule has 2 unspecified atom stereocenters. The molecule has 0 rings (SSSR count). The van der Waals surface area contributed by atoms with Gasteiger partial charge in [-0.3, -0.25) is 0 Å². The predicted molar refractivity (Wildman–Crippen MR) is 106 cm³/mol. The molecule has 0 aromatic rings. The Kier molecular flexibility index (Phi) is 15.1. The molecule has 0 bridgehead atoms. The van der Waals surface area contributed by atoms with Gasteiger partial charge in [0.2, 0.25) is 0 Å². The smallest absolute Gasteiger partial charge is 0.0752 e. The van der Waals surface area contributed by atoms with Gasteiger partial charge in [0, 0.05) is 26.7 Å². The Labute approximate surface area is 156 Å². The Bertz CT molecular complexity index is 292. The number of hydrogen-bond acceptors (Lipinski definition) is 5. The van der Waals surface area contributed by atoms with Crippen molar-refractivity contribution in [2.45, 2.75) is 98.1 Å². The Morgan fingerprint density at radius 1 is 0.880 bits per heavy atom. The second-order valence-electron chi connectivity index (χ2n) is 7.87. The molecule has 2 N–H and O–H groups in total. The molecule has 0 saturated carbocycles. The Hall–Kier alpha value is -0.200. The van der Waals surface area contributed by atoms with Crippen LogP contribution in [0.25, 0.3) is 0 Å². The van der Waals surface area contributed by atoms with Crippen molar-refractivity contribution in [3.05, 3.63) is 0 Å². The lowest BCUT2D eigenvalue weighted by molar-refractivity contribution is -0.0715. The van der Waals surface area contributed by atoms with Crippen molar-refractivity contribution in [3.8, 4) is 0 Å². The minimum atomic E-state index is -0.310. The molecule has 0 aromatic carbocycles. The van der Waals surface area contributed by atoms with E-state index >= 15 is 0 Å². The Balaban J connectivity index is 0. The third-order valence-electron chi connectivity index (χ3n) is 4.08. The Morgan fingerprint density at radius 2 is 1.32 bits per heavy atom. The molecule has 0 amide bonds. The summed E-state index contributed by atoms with van der Waals surface area (Å²) in [4.78, 5) is 2.26. The minimum absolute atomic E-state index is 0.172. The lowest BCUT2D eigenvalue weighted by atomic mass is 10.0. The summed E-state index contributed by atoms with van der Waals surface area (Å²) >= 11 is 0. The van der Waals surface area contributed by atoms with Crippen LogP contribution >= 0.6 is 0 Å². The van der Waals surface area contributed by atoms with Crippen molar-refractivity contribution >= 4 is 0 Å². The zero-order chi connectivity index (χ0) is 20.1. The third-order valence-corrected chi connectivity index (χ3v) is 4.08. The molecule has 5 nitrogen and oxygen atoms in total. The number of nitrogens with zero attached hydrogens (tertiary/aromatic N) is 1. The third kappa shape index (κ3) is 17.0. The van der Waals surface area contributed by atoms with Gasteiger partial charge in [-0.25, -0.2) is 0 Å². The van der Waals surface area contributed by atoms with Crippen LogP contribution in [0.4, 0.5) is 0 Å². The van der Waals surface area contributed by atoms with Gasteiger partial charge in [0.1, 0.15) is 0 Å². The van der Waals surface area contributed by atoms with Gasteiger partial charge in [-0.1, -0.05) is 13.8 Å². The average Bonchev–Trinajstić information content (AvgIpc) is 2.51. The highest BCUT2D eigenvalue weighted by molar-refractivity contribution is 4.77. The van der Waals surface area contributed by atoms with Crippen LogP contribution < -0.4 is 0 Å². The van der Waals surface area contributed by atoms with Crippen molar-refractivity contribution in [2.75, 3.05) is 33.4 Å². The summed E-state index contributed by atoms with van der Waals surface area (Å²) in [5.41, 5.74) is -0.449. The number of methoxy groups -OCH3 is 1. The normalized spacial score (nSPS) is 14.9. The molecule has 0 spiro atoms. The topological polar surface area (TPSA) is 62.2 Å². The molecular formula is C20H45NO4. The molecule has 0 fully saturated rings. The maximum absolute atomic E-state index is 9.51. The monoisotopic (exact) mass is 363 g/mol. The average molecular weight is 364 g/mol. The van der Waals surface area contributed by atoms with E-state index in [4.69, 9.17) is 9.47 Å². The number of hydrogen-bond donors (Lipinski definition) is 2. The standard InChI is InChI=1S/C18H39NO4.C2H6/c1-15(20)8-11-19(12-9-16(2)21)14-18(5,6)23-13-10-17(3,4)22-7;1-2/h15-16,20-21H,8-14H2,1-7H3;1-2H3. The van der Waals surface area contributed by atoms with Crippen LogP contribution in [-0.2, 0) is 9.47 Å². The van der Waals surface area contributed by atoms with Gasteiger partial charge in [0.15, 0.2) is 0 Å². The number of aliphatic hydroxyl groups is 2.